The Hall–Kier alpha value is -0.820. The van der Waals surface area contributed by atoms with Crippen molar-refractivity contribution in [3.63, 3.8) is 0 Å². The predicted molar refractivity (Wildman–Crippen MR) is 78.9 cm³/mol. The molecule has 4 nitrogen and oxygen atoms in total. The lowest BCUT2D eigenvalue weighted by Gasteiger charge is -2.63. The van der Waals surface area contributed by atoms with Gasteiger partial charge in [-0.1, -0.05) is 6.92 Å². The molecule has 3 atom stereocenters. The lowest BCUT2D eigenvalue weighted by Crippen LogP contribution is -2.64. The molecule has 4 saturated carbocycles. The molecule has 2 N–H and O–H groups in total. The second-order valence-corrected chi connectivity index (χ2v) is 8.72. The van der Waals surface area contributed by atoms with Gasteiger partial charge in [0, 0.05) is 11.8 Å². The molecule has 4 fully saturated rings. The van der Waals surface area contributed by atoms with Gasteiger partial charge < -0.3 is 14.9 Å². The fraction of sp³-hybridized carbons (Fsp3) is 0.941. The molecule has 0 aliphatic heterocycles. The normalized spacial score (nSPS) is 43.5. The number of aliphatic hydroxyl groups is 2. The molecule has 4 rings (SSSR count). The number of hydrogen-bond acceptors (Lipinski definition) is 4. The number of hydrogen-bond donors (Lipinski definition) is 2. The third-order valence-corrected chi connectivity index (χ3v) is 6.42. The molecule has 3 unspecified atom stereocenters. The van der Waals surface area contributed by atoms with Gasteiger partial charge in [-0.3, -0.25) is 4.79 Å². The topological polar surface area (TPSA) is 66.8 Å². The van der Waals surface area contributed by atoms with E-state index >= 15 is 0 Å². The van der Waals surface area contributed by atoms with E-state index in [1.807, 2.05) is 0 Å². The van der Waals surface area contributed by atoms with Crippen molar-refractivity contribution >= 4 is 5.97 Å². The minimum Gasteiger partial charge on any atom is -0.464 e. The van der Waals surface area contributed by atoms with Crippen molar-refractivity contribution in [1.29, 1.82) is 0 Å². The summed E-state index contributed by atoms with van der Waals surface area (Å²) in [6, 6.07) is 0. The average Bonchev–Trinajstić information content (AvgIpc) is 2.38. The van der Waals surface area contributed by atoms with Crippen molar-refractivity contribution in [2.24, 2.45) is 16.7 Å². The Balaban J connectivity index is 1.74. The Labute approximate surface area is 139 Å². The van der Waals surface area contributed by atoms with E-state index in [2.05, 4.69) is 0 Å². The van der Waals surface area contributed by atoms with E-state index in [1.165, 1.54) is 6.92 Å². The number of carbonyl (C=O) groups excluding carboxylic acids is 1. The van der Waals surface area contributed by atoms with Crippen molar-refractivity contribution < 1.29 is 32.9 Å². The lowest BCUT2D eigenvalue weighted by atomic mass is 9.46. The molecule has 4 aliphatic carbocycles. The van der Waals surface area contributed by atoms with Gasteiger partial charge in [0.05, 0.1) is 17.8 Å². The van der Waals surface area contributed by atoms with Gasteiger partial charge in [-0.15, -0.1) is 0 Å². The molecule has 24 heavy (non-hydrogen) atoms. The molecule has 0 amide bonds. The van der Waals surface area contributed by atoms with Crippen molar-refractivity contribution in [1.82, 2.24) is 0 Å². The Bertz CT molecular complexity index is 528. The van der Waals surface area contributed by atoms with Crippen LogP contribution in [-0.4, -0.2) is 40.2 Å². The molecule has 0 spiro atoms. The first-order valence-corrected chi connectivity index (χ1v) is 8.53. The van der Waals surface area contributed by atoms with Crippen LogP contribution in [-0.2, 0) is 9.53 Å². The minimum atomic E-state index is -4.67. The first-order valence-electron chi connectivity index (χ1n) is 8.53. The van der Waals surface area contributed by atoms with Crippen LogP contribution in [0.25, 0.3) is 0 Å². The van der Waals surface area contributed by atoms with Gasteiger partial charge in [0.2, 0.25) is 0 Å². The van der Waals surface area contributed by atoms with Crippen molar-refractivity contribution in [3.05, 3.63) is 0 Å². The summed E-state index contributed by atoms with van der Waals surface area (Å²) in [4.78, 5) is 12.1. The van der Waals surface area contributed by atoms with Crippen molar-refractivity contribution in [2.45, 2.75) is 76.2 Å². The maximum atomic E-state index is 13.2. The average molecular weight is 350 g/mol. The summed E-state index contributed by atoms with van der Waals surface area (Å²) in [5, 5.41) is 21.3. The predicted octanol–water partition coefficient (Wildman–Crippen LogP) is 2.95. The molecule has 7 heteroatoms. The van der Waals surface area contributed by atoms with Gasteiger partial charge in [-0.25, -0.2) is 0 Å². The van der Waals surface area contributed by atoms with Crippen LogP contribution in [0, 0.1) is 16.7 Å². The van der Waals surface area contributed by atoms with E-state index in [-0.39, 0.29) is 12.5 Å². The first kappa shape index (κ1) is 18.0. The molecule has 0 saturated heterocycles. The van der Waals surface area contributed by atoms with Gasteiger partial charge >= 0.3 is 12.1 Å². The highest BCUT2D eigenvalue weighted by Crippen LogP contribution is 2.63. The van der Waals surface area contributed by atoms with Crippen LogP contribution < -0.4 is 0 Å². The quantitative estimate of drug-likeness (QED) is 0.765. The van der Waals surface area contributed by atoms with E-state index in [0.29, 0.717) is 38.5 Å². The van der Waals surface area contributed by atoms with Crippen LogP contribution in [0.2, 0.25) is 0 Å². The van der Waals surface area contributed by atoms with E-state index in [9.17, 15) is 28.2 Å². The molecule has 0 heterocycles. The Kier molecular flexibility index (Phi) is 3.82. The number of alkyl halides is 3. The molecule has 0 aromatic heterocycles. The smallest absolute Gasteiger partial charge is 0.404 e. The zero-order chi connectivity index (χ0) is 18.0. The molecular formula is C17H25F3O4. The second-order valence-electron chi connectivity index (χ2n) is 8.72. The maximum absolute atomic E-state index is 13.2. The summed E-state index contributed by atoms with van der Waals surface area (Å²) in [7, 11) is 0. The zero-order valence-corrected chi connectivity index (χ0v) is 14.1. The van der Waals surface area contributed by atoms with Gasteiger partial charge in [0.25, 0.3) is 0 Å². The number of ether oxygens (including phenoxy) is 1. The molecule has 0 aromatic carbocycles. The van der Waals surface area contributed by atoms with Crippen LogP contribution in [0.5, 0.6) is 0 Å². The molecule has 0 aromatic rings. The number of halogens is 3. The number of carbonyl (C=O) groups is 1. The highest BCUT2D eigenvalue weighted by Gasteiger charge is 2.63. The Morgan fingerprint density at radius 3 is 2.08 bits per heavy atom. The fourth-order valence-corrected chi connectivity index (χ4v) is 5.53. The van der Waals surface area contributed by atoms with Gasteiger partial charge in [0.15, 0.2) is 5.41 Å². The number of esters is 1. The minimum absolute atomic E-state index is 0.134. The SMILES string of the molecule is CCC(C)(C(=O)OCC12CC3CC(O)(CC(O)(C3)C1)C2)C(F)(F)F. The van der Waals surface area contributed by atoms with Crippen LogP contribution in [0.15, 0.2) is 0 Å². The summed E-state index contributed by atoms with van der Waals surface area (Å²) < 4.78 is 44.7. The summed E-state index contributed by atoms with van der Waals surface area (Å²) >= 11 is 0. The van der Waals surface area contributed by atoms with E-state index in [4.69, 9.17) is 4.74 Å². The van der Waals surface area contributed by atoms with Crippen LogP contribution >= 0.6 is 0 Å². The molecule has 0 radical (unpaired) electrons. The van der Waals surface area contributed by atoms with Crippen LogP contribution in [0.3, 0.4) is 0 Å². The van der Waals surface area contributed by atoms with Crippen molar-refractivity contribution in [3.8, 4) is 0 Å². The summed E-state index contributed by atoms with van der Waals surface area (Å²) in [6.45, 7) is 2.00. The van der Waals surface area contributed by atoms with E-state index in [1.54, 1.807) is 0 Å². The monoisotopic (exact) mass is 350 g/mol. The van der Waals surface area contributed by atoms with Crippen LogP contribution in [0.1, 0.15) is 58.8 Å². The van der Waals surface area contributed by atoms with Crippen molar-refractivity contribution in [2.75, 3.05) is 6.61 Å². The van der Waals surface area contributed by atoms with Gasteiger partial charge in [-0.2, -0.15) is 13.2 Å². The fourth-order valence-electron chi connectivity index (χ4n) is 5.53. The Morgan fingerprint density at radius 2 is 1.67 bits per heavy atom. The lowest BCUT2D eigenvalue weighted by molar-refractivity contribution is -0.251. The van der Waals surface area contributed by atoms with Crippen LogP contribution in [0.4, 0.5) is 13.2 Å². The van der Waals surface area contributed by atoms with E-state index in [0.717, 1.165) is 6.92 Å². The molecule has 138 valence electrons. The third kappa shape index (κ3) is 2.73. The van der Waals surface area contributed by atoms with E-state index < -0.39 is 40.6 Å². The second kappa shape index (κ2) is 5.10. The Morgan fingerprint density at radius 1 is 1.12 bits per heavy atom. The summed E-state index contributed by atoms with van der Waals surface area (Å²) in [6.07, 6.45) is -2.10. The molecular weight excluding hydrogens is 325 g/mol. The molecule has 4 bridgehead atoms. The maximum Gasteiger partial charge on any atom is 0.404 e. The highest BCUT2D eigenvalue weighted by atomic mass is 19.4. The summed E-state index contributed by atoms with van der Waals surface area (Å²) in [5.74, 6) is -1.14. The first-order chi connectivity index (χ1) is 10.8. The zero-order valence-electron chi connectivity index (χ0n) is 14.1. The highest BCUT2D eigenvalue weighted by molar-refractivity contribution is 5.77. The number of rotatable bonds is 4. The third-order valence-electron chi connectivity index (χ3n) is 6.42. The standard InChI is InChI=1S/C17H25F3O4/c1-3-13(2,17(18,19)20)12(21)24-10-14-4-11-5-15(22,7-14)9-16(23,6-11)8-14/h11,22-23H,3-10H2,1-2H3. The van der Waals surface area contributed by atoms with Gasteiger partial charge in [-0.05, 0) is 51.4 Å². The summed E-state index contributed by atoms with van der Waals surface area (Å²) in [5.41, 5.74) is -5.11. The van der Waals surface area contributed by atoms with Gasteiger partial charge in [0.1, 0.15) is 0 Å². The molecule has 4 aliphatic rings. The largest absolute Gasteiger partial charge is 0.464 e.